The molecular weight excluding hydrogens is 482 g/mol. The highest BCUT2D eigenvalue weighted by atomic mass is 16.6. The molecule has 9 nitrogen and oxygen atoms in total. The van der Waals surface area contributed by atoms with Crippen molar-refractivity contribution < 1.29 is 19.7 Å². The summed E-state index contributed by atoms with van der Waals surface area (Å²) in [6.07, 6.45) is 3.67. The Morgan fingerprint density at radius 1 is 1.16 bits per heavy atom. The Morgan fingerprint density at radius 2 is 2.03 bits per heavy atom. The van der Waals surface area contributed by atoms with E-state index in [0.717, 1.165) is 46.7 Å². The Labute approximate surface area is 219 Å². The van der Waals surface area contributed by atoms with Gasteiger partial charge >= 0.3 is 5.69 Å². The van der Waals surface area contributed by atoms with E-state index in [-0.39, 0.29) is 11.7 Å². The number of hydrogen-bond donors (Lipinski definition) is 2. The molecule has 192 valence electrons. The van der Waals surface area contributed by atoms with Gasteiger partial charge in [0.15, 0.2) is 6.04 Å². The Hall–Kier alpha value is -4.63. The molecule has 0 saturated carbocycles. The number of aromatic nitrogens is 3. The summed E-state index contributed by atoms with van der Waals surface area (Å²) in [5.41, 5.74) is 6.76. The van der Waals surface area contributed by atoms with Gasteiger partial charge in [-0.15, -0.1) is 0 Å². The van der Waals surface area contributed by atoms with Crippen LogP contribution in [0.3, 0.4) is 0 Å². The normalized spacial score (nSPS) is 14.8. The number of aromatic amines is 1. The Morgan fingerprint density at radius 3 is 2.82 bits per heavy atom. The number of fused-ring (bicyclic) bond motifs is 3. The van der Waals surface area contributed by atoms with Crippen molar-refractivity contribution in [3.05, 3.63) is 117 Å². The average Bonchev–Trinajstić information content (AvgIpc) is 3.57. The van der Waals surface area contributed by atoms with Gasteiger partial charge in [0.25, 0.3) is 0 Å². The molecule has 0 aliphatic carbocycles. The molecule has 3 aromatic carbocycles. The maximum atomic E-state index is 11.1. The summed E-state index contributed by atoms with van der Waals surface area (Å²) in [4.78, 5) is 14.3. The highest BCUT2D eigenvalue weighted by Crippen LogP contribution is 2.34. The maximum absolute atomic E-state index is 11.1. The van der Waals surface area contributed by atoms with Crippen LogP contribution >= 0.6 is 0 Å². The first-order chi connectivity index (χ1) is 18.6. The third kappa shape index (κ3) is 4.59. The molecule has 0 bridgehead atoms. The third-order valence-corrected chi connectivity index (χ3v) is 7.09. The lowest BCUT2D eigenvalue weighted by molar-refractivity contribution is -0.690. The number of H-pyrrole nitrogens is 1. The zero-order valence-corrected chi connectivity index (χ0v) is 21.0. The molecule has 6 rings (SSSR count). The summed E-state index contributed by atoms with van der Waals surface area (Å²) in [6, 6.07) is 22.7. The second-order valence-corrected chi connectivity index (χ2v) is 9.48. The largest absolute Gasteiger partial charge is 0.496 e. The number of nitrogens with two attached hydrogens (primary N) is 1. The number of methoxy groups -OCH3 is 1. The quantitative estimate of drug-likeness (QED) is 0.241. The standard InChI is InChI=1S/C29H27N5O4/c1-37-27-10-7-20(13-21(27)16-33-17-22(15-31-33)34(35)36)28-29-24(11-12-30-28)25-14-23(8-9-26(25)32-29)38-18-19-5-3-2-4-6-19/h2-10,13-15,17,28,30,32H,11-12,16,18H2,1H3/p+1/t28-/m1/s1. The number of quaternary nitrogens is 1. The maximum Gasteiger partial charge on any atom is 0.307 e. The summed E-state index contributed by atoms with van der Waals surface area (Å²) in [6.45, 7) is 1.87. The van der Waals surface area contributed by atoms with Crippen molar-refractivity contribution in [2.45, 2.75) is 25.6 Å². The predicted molar refractivity (Wildman–Crippen MR) is 142 cm³/mol. The number of benzene rings is 3. The molecule has 0 spiro atoms. The molecule has 3 N–H and O–H groups in total. The molecule has 1 aliphatic heterocycles. The van der Waals surface area contributed by atoms with Gasteiger partial charge in [0.1, 0.15) is 30.5 Å². The lowest BCUT2D eigenvalue weighted by atomic mass is 9.93. The minimum Gasteiger partial charge on any atom is -0.496 e. The summed E-state index contributed by atoms with van der Waals surface area (Å²) < 4.78 is 13.3. The molecule has 1 atom stereocenters. The van der Waals surface area contributed by atoms with Crippen LogP contribution in [0.5, 0.6) is 11.5 Å². The average molecular weight is 511 g/mol. The van der Waals surface area contributed by atoms with Gasteiger partial charge in [-0.1, -0.05) is 30.3 Å². The van der Waals surface area contributed by atoms with Crippen molar-refractivity contribution in [2.24, 2.45) is 0 Å². The van der Waals surface area contributed by atoms with Crippen molar-refractivity contribution in [3.63, 3.8) is 0 Å². The van der Waals surface area contributed by atoms with Crippen LogP contribution in [0.2, 0.25) is 0 Å². The van der Waals surface area contributed by atoms with Crippen molar-refractivity contribution in [1.29, 1.82) is 0 Å². The first-order valence-corrected chi connectivity index (χ1v) is 12.6. The van der Waals surface area contributed by atoms with Gasteiger partial charge < -0.3 is 19.8 Å². The highest BCUT2D eigenvalue weighted by molar-refractivity contribution is 5.86. The van der Waals surface area contributed by atoms with Crippen LogP contribution < -0.4 is 14.8 Å². The van der Waals surface area contributed by atoms with Gasteiger partial charge in [0, 0.05) is 28.5 Å². The summed E-state index contributed by atoms with van der Waals surface area (Å²) >= 11 is 0. The molecule has 0 fully saturated rings. The molecule has 0 radical (unpaired) electrons. The van der Waals surface area contributed by atoms with Gasteiger partial charge in [-0.2, -0.15) is 5.10 Å². The van der Waals surface area contributed by atoms with Crippen LogP contribution in [0.4, 0.5) is 5.69 Å². The molecule has 0 saturated heterocycles. The molecule has 5 aromatic rings. The molecule has 3 heterocycles. The summed E-state index contributed by atoms with van der Waals surface area (Å²) in [7, 11) is 1.63. The Kier molecular flexibility index (Phi) is 6.27. The van der Waals surface area contributed by atoms with Crippen LogP contribution in [0, 0.1) is 10.1 Å². The lowest BCUT2D eigenvalue weighted by Crippen LogP contribution is -2.87. The number of hydrogen-bond acceptors (Lipinski definition) is 5. The van der Waals surface area contributed by atoms with Gasteiger partial charge in [0.2, 0.25) is 0 Å². The Balaban J connectivity index is 1.30. The summed E-state index contributed by atoms with van der Waals surface area (Å²) in [5, 5.41) is 18.8. The van der Waals surface area contributed by atoms with Crippen molar-refractivity contribution in [1.82, 2.24) is 14.8 Å². The van der Waals surface area contributed by atoms with Crippen LogP contribution in [-0.4, -0.2) is 33.3 Å². The van der Waals surface area contributed by atoms with Gasteiger partial charge in [-0.05, 0) is 47.5 Å². The van der Waals surface area contributed by atoms with E-state index in [1.165, 1.54) is 29.0 Å². The molecule has 1 aliphatic rings. The van der Waals surface area contributed by atoms with Gasteiger partial charge in [-0.25, -0.2) is 0 Å². The van der Waals surface area contributed by atoms with E-state index in [9.17, 15) is 10.1 Å². The third-order valence-electron chi connectivity index (χ3n) is 7.09. The second kappa shape index (κ2) is 10.0. The zero-order valence-electron chi connectivity index (χ0n) is 21.0. The minimum atomic E-state index is -0.441. The molecule has 0 unspecified atom stereocenters. The molecule has 9 heteroatoms. The SMILES string of the molecule is COc1ccc([C@H]2[NH2+]CCc3c2[nH]c2ccc(OCc4ccccc4)cc32)cc1Cn1cc([N+](=O)[O-])cn1. The van der Waals surface area contributed by atoms with Crippen LogP contribution in [0.25, 0.3) is 10.9 Å². The Bertz CT molecular complexity index is 1610. The van der Waals surface area contributed by atoms with E-state index >= 15 is 0 Å². The van der Waals surface area contributed by atoms with E-state index in [4.69, 9.17) is 9.47 Å². The van der Waals surface area contributed by atoms with Gasteiger partial charge in [-0.3, -0.25) is 14.8 Å². The number of nitrogens with zero attached hydrogens (tertiary/aromatic N) is 3. The lowest BCUT2D eigenvalue weighted by Gasteiger charge is -2.22. The smallest absolute Gasteiger partial charge is 0.307 e. The number of nitrogens with one attached hydrogen (secondary N) is 1. The number of ether oxygens (including phenoxy) is 2. The second-order valence-electron chi connectivity index (χ2n) is 9.48. The predicted octanol–water partition coefficient (Wildman–Crippen LogP) is 4.12. The van der Waals surface area contributed by atoms with Crippen molar-refractivity contribution >= 4 is 16.6 Å². The molecule has 38 heavy (non-hydrogen) atoms. The van der Waals surface area contributed by atoms with E-state index in [1.54, 1.807) is 11.8 Å². The topological polar surface area (TPSA) is 112 Å². The minimum absolute atomic E-state index is 0.0319. The van der Waals surface area contributed by atoms with Crippen molar-refractivity contribution in [3.8, 4) is 11.5 Å². The van der Waals surface area contributed by atoms with E-state index in [2.05, 4.69) is 51.8 Å². The molecular formula is C29H28N5O4+. The fourth-order valence-electron chi connectivity index (χ4n) is 5.25. The van der Waals surface area contributed by atoms with Gasteiger partial charge in [0.05, 0.1) is 30.8 Å². The molecule has 2 aromatic heterocycles. The molecule has 0 amide bonds. The van der Waals surface area contributed by atoms with E-state index in [0.29, 0.717) is 13.2 Å². The van der Waals surface area contributed by atoms with Crippen molar-refractivity contribution in [2.75, 3.05) is 13.7 Å². The fourth-order valence-corrected chi connectivity index (χ4v) is 5.25. The van der Waals surface area contributed by atoms with E-state index < -0.39 is 4.92 Å². The highest BCUT2D eigenvalue weighted by Gasteiger charge is 2.29. The monoisotopic (exact) mass is 510 g/mol. The fraction of sp³-hybridized carbons (Fsp3) is 0.207. The van der Waals surface area contributed by atoms with E-state index in [1.807, 2.05) is 30.3 Å². The summed E-state index contributed by atoms with van der Waals surface area (Å²) in [5.74, 6) is 1.58. The number of nitro groups is 1. The number of rotatable bonds is 8. The zero-order chi connectivity index (χ0) is 26.1. The first kappa shape index (κ1) is 23.7. The van der Waals surface area contributed by atoms with Crippen LogP contribution in [-0.2, 0) is 19.6 Å². The van der Waals surface area contributed by atoms with Crippen LogP contribution in [0.15, 0.2) is 79.1 Å². The first-order valence-electron chi connectivity index (χ1n) is 12.6. The van der Waals surface area contributed by atoms with Crippen LogP contribution in [0.1, 0.15) is 34.0 Å².